The predicted octanol–water partition coefficient (Wildman–Crippen LogP) is 2.99. The largest absolute Gasteiger partial charge is 0.294 e. The van der Waals surface area contributed by atoms with Crippen LogP contribution in [-0.2, 0) is 4.79 Å². The van der Waals surface area contributed by atoms with Crippen LogP contribution in [0.4, 0.5) is 5.69 Å². The fourth-order valence-electron chi connectivity index (χ4n) is 2.37. The summed E-state index contributed by atoms with van der Waals surface area (Å²) in [7, 11) is 3.51. The van der Waals surface area contributed by atoms with Gasteiger partial charge in [-0.25, -0.2) is 5.84 Å². The average Bonchev–Trinajstić information content (AvgIpc) is 2.57. The van der Waals surface area contributed by atoms with E-state index in [1.807, 2.05) is 0 Å². The van der Waals surface area contributed by atoms with E-state index in [9.17, 15) is 14.9 Å². The summed E-state index contributed by atoms with van der Waals surface area (Å²) >= 11 is 7.06. The number of nitrogens with zero attached hydrogens (tertiary/aromatic N) is 2. The summed E-state index contributed by atoms with van der Waals surface area (Å²) in [5.41, 5.74) is 2.77. The normalized spacial score (nSPS) is 12.0. The van der Waals surface area contributed by atoms with Crippen LogP contribution in [0.25, 0.3) is 0 Å². The van der Waals surface area contributed by atoms with Crippen LogP contribution in [0.5, 0.6) is 0 Å². The molecule has 0 aromatic heterocycles. The van der Waals surface area contributed by atoms with Crippen molar-refractivity contribution in [2.45, 2.75) is 15.8 Å². The number of nitro groups is 1. The molecule has 25 heavy (non-hydrogen) atoms. The summed E-state index contributed by atoms with van der Waals surface area (Å²) < 4.78 is 0. The van der Waals surface area contributed by atoms with Crippen molar-refractivity contribution < 1.29 is 9.72 Å². The second-order valence-corrected chi connectivity index (χ2v) is 6.90. The number of carbonyl (C=O) groups is 1. The molecule has 0 bridgehead atoms. The first-order valence-electron chi connectivity index (χ1n) is 7.22. The van der Waals surface area contributed by atoms with Crippen molar-refractivity contribution in [3.05, 3.63) is 63.2 Å². The van der Waals surface area contributed by atoms with Crippen LogP contribution in [0.2, 0.25) is 5.02 Å². The molecule has 0 fully saturated rings. The zero-order valence-corrected chi connectivity index (χ0v) is 15.2. The maximum atomic E-state index is 12.2. The Morgan fingerprint density at radius 3 is 2.56 bits per heavy atom. The van der Waals surface area contributed by atoms with Gasteiger partial charge in [0, 0.05) is 16.0 Å². The number of rotatable bonds is 6. The molecule has 1 unspecified atom stereocenters. The van der Waals surface area contributed by atoms with Gasteiger partial charge in [-0.1, -0.05) is 41.6 Å². The van der Waals surface area contributed by atoms with E-state index in [1.165, 1.54) is 17.8 Å². The molecule has 3 N–H and O–H groups in total. The minimum absolute atomic E-state index is 0.0861. The van der Waals surface area contributed by atoms with Crippen molar-refractivity contribution in [3.63, 3.8) is 0 Å². The third kappa shape index (κ3) is 4.49. The molecule has 2 aromatic rings. The molecular weight excluding hydrogens is 364 g/mol. The number of nitrogens with two attached hydrogens (primary N) is 1. The van der Waals surface area contributed by atoms with Gasteiger partial charge in [0.15, 0.2) is 0 Å². The lowest BCUT2D eigenvalue weighted by Gasteiger charge is -2.24. The minimum Gasteiger partial charge on any atom is -0.294 e. The van der Waals surface area contributed by atoms with Crippen LogP contribution in [0, 0.1) is 10.1 Å². The average molecular weight is 381 g/mol. The van der Waals surface area contributed by atoms with Crippen LogP contribution >= 0.6 is 23.4 Å². The first-order valence-corrected chi connectivity index (χ1v) is 8.42. The molecule has 0 saturated carbocycles. The van der Waals surface area contributed by atoms with Crippen molar-refractivity contribution in [3.8, 4) is 0 Å². The van der Waals surface area contributed by atoms with Crippen LogP contribution < -0.4 is 11.3 Å². The Bertz CT molecular complexity index is 801. The number of carbonyl (C=O) groups excluding carboxylic acids is 1. The summed E-state index contributed by atoms with van der Waals surface area (Å²) in [6.45, 7) is 0. The monoisotopic (exact) mass is 380 g/mol. The van der Waals surface area contributed by atoms with E-state index in [1.54, 1.807) is 55.4 Å². The molecule has 2 rings (SSSR count). The molecule has 0 spiro atoms. The minimum atomic E-state index is -0.625. The lowest BCUT2D eigenvalue weighted by atomic mass is 10.1. The first kappa shape index (κ1) is 19.2. The molecule has 0 saturated heterocycles. The Balaban J connectivity index is 2.49. The van der Waals surface area contributed by atoms with Crippen molar-refractivity contribution >= 4 is 35.0 Å². The van der Waals surface area contributed by atoms with Crippen molar-refractivity contribution in [1.82, 2.24) is 10.3 Å². The Morgan fingerprint density at radius 1 is 1.28 bits per heavy atom. The third-order valence-electron chi connectivity index (χ3n) is 3.46. The van der Waals surface area contributed by atoms with Gasteiger partial charge in [-0.2, -0.15) is 0 Å². The van der Waals surface area contributed by atoms with E-state index >= 15 is 0 Å². The summed E-state index contributed by atoms with van der Waals surface area (Å²) in [6, 6.07) is 11.1. The van der Waals surface area contributed by atoms with Gasteiger partial charge in [0.25, 0.3) is 11.6 Å². The van der Waals surface area contributed by atoms with Gasteiger partial charge in [0.1, 0.15) is 6.04 Å². The van der Waals surface area contributed by atoms with Gasteiger partial charge in [0.05, 0.1) is 9.82 Å². The van der Waals surface area contributed by atoms with Gasteiger partial charge < -0.3 is 0 Å². The summed E-state index contributed by atoms with van der Waals surface area (Å²) in [5.74, 6) is 4.92. The highest BCUT2D eigenvalue weighted by Gasteiger charge is 2.26. The van der Waals surface area contributed by atoms with Crippen molar-refractivity contribution in [2.24, 2.45) is 5.84 Å². The summed E-state index contributed by atoms with van der Waals surface area (Å²) in [6.07, 6.45) is 0. The molecule has 7 nitrogen and oxygen atoms in total. The molecule has 0 aliphatic carbocycles. The maximum absolute atomic E-state index is 12.2. The maximum Gasteiger partial charge on any atom is 0.284 e. The second-order valence-electron chi connectivity index (χ2n) is 5.38. The summed E-state index contributed by atoms with van der Waals surface area (Å²) in [5, 5.41) is 11.6. The first-order chi connectivity index (χ1) is 11.8. The predicted molar refractivity (Wildman–Crippen MR) is 97.4 cm³/mol. The molecule has 1 amide bonds. The zero-order valence-electron chi connectivity index (χ0n) is 13.6. The van der Waals surface area contributed by atoms with Crippen LogP contribution in [0.15, 0.2) is 52.3 Å². The van der Waals surface area contributed by atoms with E-state index in [0.29, 0.717) is 10.5 Å². The van der Waals surface area contributed by atoms with Gasteiger partial charge in [-0.05, 0) is 37.9 Å². The van der Waals surface area contributed by atoms with Crippen LogP contribution in [0.1, 0.15) is 11.6 Å². The molecule has 2 aromatic carbocycles. The number of likely N-dealkylation sites (N-methyl/N-ethyl adjacent to an activating group) is 1. The van der Waals surface area contributed by atoms with E-state index in [4.69, 9.17) is 17.4 Å². The van der Waals surface area contributed by atoms with Crippen molar-refractivity contribution in [2.75, 3.05) is 14.1 Å². The van der Waals surface area contributed by atoms with Crippen molar-refractivity contribution in [1.29, 1.82) is 0 Å². The van der Waals surface area contributed by atoms with Gasteiger partial charge in [0.2, 0.25) is 0 Å². The topological polar surface area (TPSA) is 102 Å². The molecule has 0 heterocycles. The number of hydrogen-bond donors (Lipinski definition) is 2. The highest BCUT2D eigenvalue weighted by atomic mass is 35.5. The highest BCUT2D eigenvalue weighted by molar-refractivity contribution is 7.99. The second kappa shape index (κ2) is 8.30. The lowest BCUT2D eigenvalue weighted by Crippen LogP contribution is -2.40. The van der Waals surface area contributed by atoms with Gasteiger partial charge >= 0.3 is 0 Å². The number of nitrogens with one attached hydrogen (secondary N) is 1. The number of halogens is 1. The van der Waals surface area contributed by atoms with E-state index in [-0.39, 0.29) is 16.6 Å². The van der Waals surface area contributed by atoms with Crippen LogP contribution in [-0.4, -0.2) is 29.8 Å². The Hall–Kier alpha value is -2.13. The number of hydrogen-bond acceptors (Lipinski definition) is 6. The number of amides is 1. The fraction of sp³-hybridized carbons (Fsp3) is 0.188. The molecule has 1 atom stereocenters. The molecule has 0 aliphatic rings. The number of nitro benzene ring substituents is 1. The Labute approximate surface area is 154 Å². The molecule has 9 heteroatoms. The Kier molecular flexibility index (Phi) is 6.38. The number of benzene rings is 2. The van der Waals surface area contributed by atoms with E-state index < -0.39 is 11.0 Å². The molecule has 0 aliphatic heterocycles. The van der Waals surface area contributed by atoms with Gasteiger partial charge in [-0.15, -0.1) is 0 Å². The zero-order chi connectivity index (χ0) is 18.6. The molecule has 132 valence electrons. The summed E-state index contributed by atoms with van der Waals surface area (Å²) in [4.78, 5) is 25.9. The lowest BCUT2D eigenvalue weighted by molar-refractivity contribution is -0.387. The smallest absolute Gasteiger partial charge is 0.284 e. The van der Waals surface area contributed by atoms with Gasteiger partial charge in [-0.3, -0.25) is 25.2 Å². The SMILES string of the molecule is CN(C)C(C(=O)NN)c1ccccc1Sc1ccc(Cl)cc1[N+](=O)[O-]. The quantitative estimate of drug-likeness (QED) is 0.345. The highest BCUT2D eigenvalue weighted by Crippen LogP contribution is 2.39. The fourth-order valence-corrected chi connectivity index (χ4v) is 3.59. The Morgan fingerprint density at radius 2 is 1.96 bits per heavy atom. The van der Waals surface area contributed by atoms with E-state index in [0.717, 1.165) is 4.90 Å². The molecule has 0 radical (unpaired) electrons. The third-order valence-corrected chi connectivity index (χ3v) is 4.85. The van der Waals surface area contributed by atoms with Crippen LogP contribution in [0.3, 0.4) is 0 Å². The number of hydrazine groups is 1. The standard InChI is InChI=1S/C16H17ClN4O3S/c1-20(2)15(16(22)19-18)11-5-3-4-6-13(11)25-14-8-7-10(17)9-12(14)21(23)24/h3-9,15H,18H2,1-2H3,(H,19,22). The molecular formula is C16H17ClN4O3S. The van der Waals surface area contributed by atoms with E-state index in [2.05, 4.69) is 5.43 Å².